The van der Waals surface area contributed by atoms with Crippen LogP contribution >= 0.6 is 11.3 Å². The van der Waals surface area contributed by atoms with Gasteiger partial charge in [-0.3, -0.25) is 14.9 Å². The van der Waals surface area contributed by atoms with Gasteiger partial charge in [0.25, 0.3) is 5.91 Å². The maximum absolute atomic E-state index is 12.0. The maximum atomic E-state index is 12.0. The molecule has 0 radical (unpaired) electrons. The van der Waals surface area contributed by atoms with Crippen LogP contribution < -0.4 is 5.32 Å². The number of nitrogens with one attached hydrogen (secondary N) is 1. The number of carbonyl (C=O) groups is 1. The van der Waals surface area contributed by atoms with Gasteiger partial charge in [0.2, 0.25) is 0 Å². The van der Waals surface area contributed by atoms with Crippen LogP contribution in [-0.2, 0) is 0 Å². The molecule has 0 aliphatic carbocycles. The van der Waals surface area contributed by atoms with E-state index in [1.54, 1.807) is 0 Å². The van der Waals surface area contributed by atoms with Crippen LogP contribution in [0.25, 0.3) is 0 Å². The monoisotopic (exact) mass is 292 g/mol. The Kier molecular flexibility index (Phi) is 3.99. The number of hydrogen-bond donors (Lipinski definition) is 2. The van der Waals surface area contributed by atoms with E-state index in [4.69, 9.17) is 0 Å². The van der Waals surface area contributed by atoms with Crippen LogP contribution in [0, 0.1) is 10.1 Å². The molecule has 0 saturated carbocycles. The van der Waals surface area contributed by atoms with Gasteiger partial charge in [-0.1, -0.05) is 6.07 Å². The van der Waals surface area contributed by atoms with E-state index in [-0.39, 0.29) is 11.6 Å². The number of hydrogen-bond acceptors (Lipinski definition) is 5. The lowest BCUT2D eigenvalue weighted by atomic mass is 10.1. The quantitative estimate of drug-likeness (QED) is 0.669. The molecule has 1 unspecified atom stereocenters. The van der Waals surface area contributed by atoms with Crippen molar-refractivity contribution in [3.63, 3.8) is 0 Å². The topological polar surface area (TPSA) is 92.5 Å². The molecule has 6 nitrogen and oxygen atoms in total. The molecular weight excluding hydrogens is 280 g/mol. The third-order valence-electron chi connectivity index (χ3n) is 2.75. The zero-order chi connectivity index (χ0) is 14.7. The van der Waals surface area contributed by atoms with Crippen molar-refractivity contribution in [1.82, 2.24) is 5.32 Å². The van der Waals surface area contributed by atoms with Crippen molar-refractivity contribution in [2.45, 2.75) is 13.0 Å². The Labute approximate surface area is 118 Å². The molecule has 104 valence electrons. The Hall–Kier alpha value is -2.41. The summed E-state index contributed by atoms with van der Waals surface area (Å²) in [4.78, 5) is 22.9. The number of benzene rings is 1. The summed E-state index contributed by atoms with van der Waals surface area (Å²) in [5.74, 6) is -0.914. The van der Waals surface area contributed by atoms with Crippen molar-refractivity contribution in [3.05, 3.63) is 56.3 Å². The molecule has 20 heavy (non-hydrogen) atoms. The highest BCUT2D eigenvalue weighted by atomic mass is 32.1. The Balaban J connectivity index is 2.14. The molecule has 0 saturated heterocycles. The van der Waals surface area contributed by atoms with Crippen LogP contribution in [0.2, 0.25) is 0 Å². The molecule has 0 aliphatic rings. The lowest BCUT2D eigenvalue weighted by Gasteiger charge is -2.12. The fraction of sp³-hybridized carbons (Fsp3) is 0.154. The van der Waals surface area contributed by atoms with Gasteiger partial charge in [0.15, 0.2) is 5.75 Å². The first-order valence-corrected chi connectivity index (χ1v) is 6.68. The van der Waals surface area contributed by atoms with Crippen molar-refractivity contribution in [2.24, 2.45) is 0 Å². The van der Waals surface area contributed by atoms with Crippen LogP contribution in [-0.4, -0.2) is 15.9 Å². The number of nitro groups is 1. The number of nitro benzene ring substituents is 1. The molecule has 0 fully saturated rings. The van der Waals surface area contributed by atoms with Gasteiger partial charge >= 0.3 is 5.69 Å². The first-order chi connectivity index (χ1) is 9.49. The number of carbonyl (C=O) groups excluding carboxylic acids is 1. The predicted molar refractivity (Wildman–Crippen MR) is 75.0 cm³/mol. The fourth-order valence-corrected chi connectivity index (χ4v) is 2.44. The smallest absolute Gasteiger partial charge is 0.310 e. The van der Waals surface area contributed by atoms with E-state index in [0.717, 1.165) is 17.0 Å². The van der Waals surface area contributed by atoms with E-state index >= 15 is 0 Å². The summed E-state index contributed by atoms with van der Waals surface area (Å²) in [6.07, 6.45) is 0. The molecule has 0 spiro atoms. The van der Waals surface area contributed by atoms with Crippen LogP contribution in [0.4, 0.5) is 5.69 Å². The second-order valence-electron chi connectivity index (χ2n) is 4.17. The zero-order valence-corrected chi connectivity index (χ0v) is 11.4. The summed E-state index contributed by atoms with van der Waals surface area (Å²) < 4.78 is 0. The summed E-state index contributed by atoms with van der Waals surface area (Å²) in [7, 11) is 0. The lowest BCUT2D eigenvalue weighted by molar-refractivity contribution is -0.385. The molecule has 2 aromatic rings. The Morgan fingerprint density at radius 3 is 2.75 bits per heavy atom. The van der Waals surface area contributed by atoms with Gasteiger partial charge < -0.3 is 10.4 Å². The molecule has 1 amide bonds. The van der Waals surface area contributed by atoms with E-state index in [1.807, 2.05) is 24.4 Å². The number of rotatable bonds is 4. The third kappa shape index (κ3) is 2.94. The normalized spacial score (nSPS) is 11.8. The van der Waals surface area contributed by atoms with Gasteiger partial charge in [-0.15, -0.1) is 11.3 Å². The molecule has 1 heterocycles. The molecular formula is C13H12N2O4S. The second kappa shape index (κ2) is 5.70. The first-order valence-electron chi connectivity index (χ1n) is 5.80. The van der Waals surface area contributed by atoms with Gasteiger partial charge in [0.05, 0.1) is 11.0 Å². The Morgan fingerprint density at radius 1 is 1.45 bits per heavy atom. The average Bonchev–Trinajstić information content (AvgIpc) is 2.91. The van der Waals surface area contributed by atoms with Gasteiger partial charge in [-0.25, -0.2) is 0 Å². The molecule has 0 aliphatic heterocycles. The van der Waals surface area contributed by atoms with Crippen LogP contribution in [0.5, 0.6) is 5.75 Å². The summed E-state index contributed by atoms with van der Waals surface area (Å²) in [6.45, 7) is 1.84. The van der Waals surface area contributed by atoms with Crippen molar-refractivity contribution < 1.29 is 14.8 Å². The Morgan fingerprint density at radius 2 is 2.20 bits per heavy atom. The third-order valence-corrected chi connectivity index (χ3v) is 3.81. The van der Waals surface area contributed by atoms with E-state index in [0.29, 0.717) is 0 Å². The molecule has 2 rings (SSSR count). The summed E-state index contributed by atoms with van der Waals surface area (Å²) in [6, 6.07) is 7.14. The molecule has 1 aromatic carbocycles. The number of phenols is 1. The number of nitrogens with zero attached hydrogens (tertiary/aromatic N) is 1. The van der Waals surface area contributed by atoms with Crippen molar-refractivity contribution in [2.75, 3.05) is 0 Å². The Bertz CT molecular complexity index is 640. The van der Waals surface area contributed by atoms with Crippen molar-refractivity contribution >= 4 is 22.9 Å². The minimum absolute atomic E-state index is 0.167. The number of aromatic hydroxyl groups is 1. The van der Waals surface area contributed by atoms with Crippen LogP contribution in [0.15, 0.2) is 35.7 Å². The van der Waals surface area contributed by atoms with E-state index in [9.17, 15) is 20.0 Å². The minimum Gasteiger partial charge on any atom is -0.502 e. The van der Waals surface area contributed by atoms with E-state index < -0.39 is 22.3 Å². The fourth-order valence-electron chi connectivity index (χ4n) is 1.71. The van der Waals surface area contributed by atoms with Gasteiger partial charge in [0, 0.05) is 16.5 Å². The number of amides is 1. The highest BCUT2D eigenvalue weighted by molar-refractivity contribution is 7.10. The van der Waals surface area contributed by atoms with Crippen molar-refractivity contribution in [3.8, 4) is 5.75 Å². The molecule has 2 N–H and O–H groups in total. The van der Waals surface area contributed by atoms with Gasteiger partial charge in [-0.05, 0) is 30.5 Å². The number of phenolic OH excluding ortho intramolecular Hbond substituents is 1. The molecule has 7 heteroatoms. The molecule has 1 atom stereocenters. The average molecular weight is 292 g/mol. The van der Waals surface area contributed by atoms with Gasteiger partial charge in [0.1, 0.15) is 0 Å². The largest absolute Gasteiger partial charge is 0.502 e. The first kappa shape index (κ1) is 14.0. The maximum Gasteiger partial charge on any atom is 0.310 e. The SMILES string of the molecule is CC(NC(=O)c1ccc([N+](=O)[O-])c(O)c1)c1cccs1. The summed E-state index contributed by atoms with van der Waals surface area (Å²) >= 11 is 1.52. The summed E-state index contributed by atoms with van der Waals surface area (Å²) in [5, 5.41) is 24.8. The summed E-state index contributed by atoms with van der Waals surface area (Å²) in [5.41, 5.74) is -0.246. The molecule has 0 bridgehead atoms. The van der Waals surface area contributed by atoms with E-state index in [1.165, 1.54) is 17.4 Å². The van der Waals surface area contributed by atoms with Crippen LogP contribution in [0.3, 0.4) is 0 Å². The highest BCUT2D eigenvalue weighted by Crippen LogP contribution is 2.26. The van der Waals surface area contributed by atoms with Gasteiger partial charge in [-0.2, -0.15) is 0 Å². The number of thiophene rings is 1. The van der Waals surface area contributed by atoms with Crippen LogP contribution in [0.1, 0.15) is 28.2 Å². The lowest BCUT2D eigenvalue weighted by Crippen LogP contribution is -2.26. The van der Waals surface area contributed by atoms with Crippen molar-refractivity contribution in [1.29, 1.82) is 0 Å². The minimum atomic E-state index is -0.703. The van der Waals surface area contributed by atoms with E-state index in [2.05, 4.69) is 5.32 Å². The highest BCUT2D eigenvalue weighted by Gasteiger charge is 2.17. The molecule has 1 aromatic heterocycles. The zero-order valence-electron chi connectivity index (χ0n) is 10.6. The standard InChI is InChI=1S/C13H12N2O4S/c1-8(12-3-2-6-20-12)14-13(17)9-4-5-10(15(18)19)11(16)7-9/h2-8,16H,1H3,(H,14,17). The predicted octanol–water partition coefficient (Wildman–Crippen LogP) is 2.85. The second-order valence-corrected chi connectivity index (χ2v) is 5.15.